The second-order valence-corrected chi connectivity index (χ2v) is 3.98. The normalized spacial score (nSPS) is 22.7. The first-order valence-electron chi connectivity index (χ1n) is 5.01. The van der Waals surface area contributed by atoms with Crippen molar-refractivity contribution in [2.24, 2.45) is 0 Å². The zero-order valence-corrected chi connectivity index (χ0v) is 9.37. The summed E-state index contributed by atoms with van der Waals surface area (Å²) >= 11 is 0. The molecule has 0 bridgehead atoms. The van der Waals surface area contributed by atoms with Crippen molar-refractivity contribution in [3.8, 4) is 0 Å². The van der Waals surface area contributed by atoms with Gasteiger partial charge in [-0.15, -0.1) is 0 Å². The number of rotatable bonds is 2. The third-order valence-corrected chi connectivity index (χ3v) is 2.77. The second-order valence-electron chi connectivity index (χ2n) is 3.98. The van der Waals surface area contributed by atoms with Crippen molar-refractivity contribution in [1.82, 2.24) is 9.80 Å². The fourth-order valence-electron chi connectivity index (χ4n) is 1.68. The summed E-state index contributed by atoms with van der Waals surface area (Å²) in [4.78, 5) is 1.63. The van der Waals surface area contributed by atoms with Crippen LogP contribution in [0.25, 0.3) is 0 Å². The predicted molar refractivity (Wildman–Crippen MR) is 49.3 cm³/mol. The number of hydrogen-bond acceptors (Lipinski definition) is 2. The molecule has 2 nitrogen and oxygen atoms in total. The summed E-state index contributed by atoms with van der Waals surface area (Å²) in [7, 11) is 1.58. The highest BCUT2D eigenvalue weighted by Crippen LogP contribution is 2.44. The van der Waals surface area contributed by atoms with Gasteiger partial charge in [0.05, 0.1) is 0 Å². The lowest BCUT2D eigenvalue weighted by Gasteiger charge is -2.41. The van der Waals surface area contributed by atoms with Crippen LogP contribution >= 0.6 is 0 Å². The average molecular weight is 280 g/mol. The quantitative estimate of drug-likeness (QED) is 0.566. The van der Waals surface area contributed by atoms with Crippen LogP contribution < -0.4 is 0 Å². The van der Waals surface area contributed by atoms with Gasteiger partial charge >= 0.3 is 18.0 Å². The molecule has 1 rings (SSSR count). The van der Waals surface area contributed by atoms with Gasteiger partial charge in [-0.1, -0.05) is 0 Å². The lowest BCUT2D eigenvalue weighted by Crippen LogP contribution is -2.61. The summed E-state index contributed by atoms with van der Waals surface area (Å²) in [6.45, 7) is -0.924. The monoisotopic (exact) mass is 280 g/mol. The van der Waals surface area contributed by atoms with Gasteiger partial charge in [-0.2, -0.15) is 22.0 Å². The molecule has 1 heterocycles. The Morgan fingerprint density at radius 1 is 0.889 bits per heavy atom. The van der Waals surface area contributed by atoms with Gasteiger partial charge in [-0.3, -0.25) is 4.90 Å². The van der Waals surface area contributed by atoms with Crippen molar-refractivity contribution in [3.63, 3.8) is 0 Å². The standard InChI is InChI=1S/C9H11F7N2/c1-17-2-4-18(5-3-17)8(13,9(14,15)16)6(10)7(11)12/h2-5H2,1H3. The van der Waals surface area contributed by atoms with Crippen LogP contribution in [0.15, 0.2) is 11.9 Å². The zero-order chi connectivity index (χ0) is 14.1. The Morgan fingerprint density at radius 2 is 1.33 bits per heavy atom. The minimum absolute atomic E-state index is 0.0307. The van der Waals surface area contributed by atoms with Gasteiger partial charge in [0.1, 0.15) is 0 Å². The van der Waals surface area contributed by atoms with Crippen molar-refractivity contribution < 1.29 is 30.7 Å². The van der Waals surface area contributed by atoms with Crippen LogP contribution in [-0.2, 0) is 0 Å². The van der Waals surface area contributed by atoms with E-state index in [-0.39, 0.29) is 18.0 Å². The molecular formula is C9H11F7N2. The van der Waals surface area contributed by atoms with Gasteiger partial charge in [0.25, 0.3) is 0 Å². The number of alkyl halides is 4. The first-order chi connectivity index (χ1) is 8.10. The molecule has 0 saturated carbocycles. The van der Waals surface area contributed by atoms with E-state index < -0.39 is 37.0 Å². The Bertz CT molecular complexity index is 328. The molecule has 1 aliphatic heterocycles. The summed E-state index contributed by atoms with van der Waals surface area (Å²) in [5, 5.41) is 0. The van der Waals surface area contributed by atoms with Crippen LogP contribution in [0.5, 0.6) is 0 Å². The Kier molecular flexibility index (Phi) is 4.26. The van der Waals surface area contributed by atoms with E-state index in [1.54, 1.807) is 11.9 Å². The van der Waals surface area contributed by atoms with Crippen LogP contribution in [-0.4, -0.2) is 55.0 Å². The maximum Gasteiger partial charge on any atom is 0.443 e. The summed E-state index contributed by atoms with van der Waals surface area (Å²) in [6.07, 6.45) is -9.06. The fraction of sp³-hybridized carbons (Fsp3) is 0.778. The SMILES string of the molecule is CN1CCN(C(F)(C(F)=C(F)F)C(F)(F)F)CC1. The molecule has 0 spiro atoms. The van der Waals surface area contributed by atoms with Crippen LogP contribution in [0.3, 0.4) is 0 Å². The molecule has 1 aliphatic rings. The lowest BCUT2D eigenvalue weighted by molar-refractivity contribution is -0.277. The summed E-state index contributed by atoms with van der Waals surface area (Å²) in [5.41, 5.74) is 0. The van der Waals surface area contributed by atoms with Crippen LogP contribution in [0.1, 0.15) is 0 Å². The molecule has 9 heteroatoms. The molecule has 0 aromatic carbocycles. The van der Waals surface area contributed by atoms with Gasteiger partial charge in [0, 0.05) is 26.2 Å². The fourth-order valence-corrected chi connectivity index (χ4v) is 1.68. The van der Waals surface area contributed by atoms with Gasteiger partial charge in [-0.05, 0) is 7.05 Å². The molecule has 0 amide bonds. The molecule has 1 unspecified atom stereocenters. The van der Waals surface area contributed by atoms with Crippen molar-refractivity contribution >= 4 is 0 Å². The molecule has 1 saturated heterocycles. The number of likely N-dealkylation sites (N-methyl/N-ethyl adjacent to an activating group) is 1. The van der Waals surface area contributed by atoms with Crippen molar-refractivity contribution in [3.05, 3.63) is 11.9 Å². The molecule has 1 fully saturated rings. The smallest absolute Gasteiger partial charge is 0.304 e. The van der Waals surface area contributed by atoms with Crippen molar-refractivity contribution in [2.45, 2.75) is 12.0 Å². The van der Waals surface area contributed by atoms with Gasteiger partial charge in [0.2, 0.25) is 5.83 Å². The predicted octanol–water partition coefficient (Wildman–Crippen LogP) is 2.54. The van der Waals surface area contributed by atoms with E-state index in [2.05, 4.69) is 0 Å². The molecule has 106 valence electrons. The maximum absolute atomic E-state index is 13.8. The van der Waals surface area contributed by atoms with Crippen LogP contribution in [0.4, 0.5) is 30.7 Å². The lowest BCUT2D eigenvalue weighted by atomic mass is 10.1. The molecule has 1 atom stereocenters. The minimum Gasteiger partial charge on any atom is -0.304 e. The van der Waals surface area contributed by atoms with E-state index in [1.807, 2.05) is 0 Å². The van der Waals surface area contributed by atoms with E-state index in [4.69, 9.17) is 0 Å². The number of halogens is 7. The summed E-state index contributed by atoms with van der Waals surface area (Å²) in [6, 6.07) is 0. The number of piperazine rings is 1. The van der Waals surface area contributed by atoms with Gasteiger partial charge in [0.15, 0.2) is 0 Å². The highest BCUT2D eigenvalue weighted by molar-refractivity contribution is 5.14. The Labute approximate surface area is 98.6 Å². The van der Waals surface area contributed by atoms with E-state index in [0.717, 1.165) is 0 Å². The van der Waals surface area contributed by atoms with E-state index in [0.29, 0.717) is 0 Å². The van der Waals surface area contributed by atoms with E-state index >= 15 is 0 Å². The molecule has 18 heavy (non-hydrogen) atoms. The van der Waals surface area contributed by atoms with Gasteiger partial charge in [-0.25, -0.2) is 8.78 Å². The van der Waals surface area contributed by atoms with Crippen LogP contribution in [0.2, 0.25) is 0 Å². The molecular weight excluding hydrogens is 269 g/mol. The zero-order valence-electron chi connectivity index (χ0n) is 9.37. The highest BCUT2D eigenvalue weighted by atomic mass is 19.4. The maximum atomic E-state index is 13.8. The van der Waals surface area contributed by atoms with Crippen molar-refractivity contribution in [2.75, 3.05) is 33.2 Å². The molecule has 0 N–H and O–H groups in total. The summed E-state index contributed by atoms with van der Waals surface area (Å²) in [5.74, 6) is -7.84. The topological polar surface area (TPSA) is 6.48 Å². The van der Waals surface area contributed by atoms with Crippen LogP contribution in [0, 0.1) is 0 Å². The Morgan fingerprint density at radius 3 is 1.67 bits per heavy atom. The Hall–Kier alpha value is -0.830. The first-order valence-corrected chi connectivity index (χ1v) is 5.01. The third-order valence-electron chi connectivity index (χ3n) is 2.77. The Balaban J connectivity index is 3.11. The number of nitrogens with zero attached hydrogens (tertiary/aromatic N) is 2. The molecule has 0 aliphatic carbocycles. The number of hydrogen-bond donors (Lipinski definition) is 0. The molecule has 0 radical (unpaired) electrons. The van der Waals surface area contributed by atoms with E-state index in [1.165, 1.54) is 0 Å². The largest absolute Gasteiger partial charge is 0.443 e. The average Bonchev–Trinajstić information content (AvgIpc) is 2.26. The minimum atomic E-state index is -5.77. The highest BCUT2D eigenvalue weighted by Gasteiger charge is 2.65. The van der Waals surface area contributed by atoms with Gasteiger partial charge < -0.3 is 4.90 Å². The first kappa shape index (κ1) is 15.2. The molecule has 0 aromatic heterocycles. The third kappa shape index (κ3) is 2.61. The molecule has 0 aromatic rings. The second kappa shape index (κ2) is 5.04. The van der Waals surface area contributed by atoms with E-state index in [9.17, 15) is 30.7 Å². The van der Waals surface area contributed by atoms with Crippen molar-refractivity contribution in [1.29, 1.82) is 0 Å². The summed E-state index contributed by atoms with van der Waals surface area (Å²) < 4.78 is 88.5.